The van der Waals surface area contributed by atoms with Gasteiger partial charge in [0.2, 0.25) is 5.78 Å². The lowest BCUT2D eigenvalue weighted by Gasteiger charge is -2.37. The number of ketones is 1. The van der Waals surface area contributed by atoms with Crippen LogP contribution in [0.2, 0.25) is 0 Å². The molecule has 2 N–H and O–H groups in total. The molecule has 8 heteroatoms. The zero-order chi connectivity index (χ0) is 28.2. The van der Waals surface area contributed by atoms with Gasteiger partial charge in [-0.25, -0.2) is 4.98 Å². The molecule has 2 atom stereocenters. The fourth-order valence-electron chi connectivity index (χ4n) is 5.73. The van der Waals surface area contributed by atoms with Crippen LogP contribution < -0.4 is 15.1 Å². The Hall–Kier alpha value is -4.69. The number of hydrogen-bond donors (Lipinski definition) is 2. The summed E-state index contributed by atoms with van der Waals surface area (Å²) < 4.78 is 0. The summed E-state index contributed by atoms with van der Waals surface area (Å²) >= 11 is 0. The molecule has 6 rings (SSSR count). The molecule has 1 amide bonds. The highest BCUT2D eigenvalue weighted by atomic mass is 16.3. The topological polar surface area (TPSA) is 89.0 Å². The lowest BCUT2D eigenvalue weighted by atomic mass is 9.90. The van der Waals surface area contributed by atoms with E-state index in [0.29, 0.717) is 12.1 Å². The zero-order valence-corrected chi connectivity index (χ0v) is 22.8. The van der Waals surface area contributed by atoms with E-state index >= 15 is 0 Å². The molecule has 41 heavy (non-hydrogen) atoms. The summed E-state index contributed by atoms with van der Waals surface area (Å²) in [6, 6.07) is 22.8. The van der Waals surface area contributed by atoms with Crippen molar-refractivity contribution < 1.29 is 14.7 Å². The average Bonchev–Trinajstić information content (AvgIpc) is 3.42. The molecule has 1 fully saturated rings. The van der Waals surface area contributed by atoms with Crippen LogP contribution in [0.15, 0.2) is 109 Å². The van der Waals surface area contributed by atoms with Crippen molar-refractivity contribution in [2.24, 2.45) is 0 Å². The Morgan fingerprint density at radius 1 is 0.878 bits per heavy atom. The number of fused-ring (bicyclic) bond motifs is 1. The van der Waals surface area contributed by atoms with Gasteiger partial charge in [0.25, 0.3) is 5.91 Å². The Labute approximate surface area is 239 Å². The predicted molar refractivity (Wildman–Crippen MR) is 161 cm³/mol. The second-order valence-electron chi connectivity index (χ2n) is 10.4. The number of Topliss-reactive ketones (excluding diaryl/α,β-unsaturated/α-hetero) is 1. The Balaban J connectivity index is 1.08. The SMILES string of the molecule is O=C(Nc1ccc(N2CCN(c3cccc(CCO)n3)CC2)cc1)C(=O)C1C(c2ccccc2)C=C2C=CC=CN21. The van der Waals surface area contributed by atoms with Gasteiger partial charge >= 0.3 is 0 Å². The fourth-order valence-corrected chi connectivity index (χ4v) is 5.73. The number of pyridine rings is 1. The molecule has 0 radical (unpaired) electrons. The number of anilines is 3. The minimum atomic E-state index is -0.636. The number of hydrogen-bond acceptors (Lipinski definition) is 7. The predicted octanol–water partition coefficient (Wildman–Crippen LogP) is 3.89. The van der Waals surface area contributed by atoms with Gasteiger partial charge in [0, 0.05) is 74.1 Å². The number of aliphatic hydroxyl groups excluding tert-OH is 1. The second-order valence-corrected chi connectivity index (χ2v) is 10.4. The smallest absolute Gasteiger partial charge is 0.294 e. The van der Waals surface area contributed by atoms with Gasteiger partial charge in [-0.1, -0.05) is 48.6 Å². The van der Waals surface area contributed by atoms with Crippen LogP contribution in [-0.4, -0.2) is 65.5 Å². The maximum atomic E-state index is 13.5. The van der Waals surface area contributed by atoms with Gasteiger partial charge < -0.3 is 25.1 Å². The Kier molecular flexibility index (Phi) is 7.65. The van der Waals surface area contributed by atoms with Crippen molar-refractivity contribution in [2.75, 3.05) is 47.9 Å². The van der Waals surface area contributed by atoms with Crippen LogP contribution >= 0.6 is 0 Å². The number of amides is 1. The van der Waals surface area contributed by atoms with Crippen molar-refractivity contribution in [1.29, 1.82) is 0 Å². The number of aromatic nitrogens is 1. The quantitative estimate of drug-likeness (QED) is 0.414. The zero-order valence-electron chi connectivity index (χ0n) is 22.8. The average molecular weight is 548 g/mol. The van der Waals surface area contributed by atoms with Crippen LogP contribution in [0.5, 0.6) is 0 Å². The summed E-state index contributed by atoms with van der Waals surface area (Å²) in [5.74, 6) is -0.369. The number of allylic oxidation sites excluding steroid dienone is 3. The number of carbonyl (C=O) groups is 2. The molecule has 1 saturated heterocycles. The summed E-state index contributed by atoms with van der Waals surface area (Å²) in [7, 11) is 0. The van der Waals surface area contributed by atoms with Gasteiger partial charge in [-0.3, -0.25) is 9.59 Å². The van der Waals surface area contributed by atoms with E-state index in [1.807, 2.05) is 102 Å². The molecule has 4 heterocycles. The molecule has 2 unspecified atom stereocenters. The van der Waals surface area contributed by atoms with E-state index in [1.54, 1.807) is 0 Å². The third-order valence-electron chi connectivity index (χ3n) is 7.84. The molecule has 1 aromatic heterocycles. The minimum absolute atomic E-state index is 0.0924. The minimum Gasteiger partial charge on any atom is -0.396 e. The number of carbonyl (C=O) groups excluding carboxylic acids is 2. The normalized spacial score (nSPS) is 19.6. The van der Waals surface area contributed by atoms with Gasteiger partial charge in [-0.15, -0.1) is 0 Å². The van der Waals surface area contributed by atoms with Crippen LogP contribution in [0, 0.1) is 0 Å². The number of benzene rings is 2. The fraction of sp³-hybridized carbons (Fsp3) is 0.242. The summed E-state index contributed by atoms with van der Waals surface area (Å²) in [5.41, 5.74) is 4.47. The van der Waals surface area contributed by atoms with Crippen molar-refractivity contribution in [2.45, 2.75) is 18.4 Å². The molecule has 208 valence electrons. The summed E-state index contributed by atoms with van der Waals surface area (Å²) in [6.45, 7) is 3.44. The van der Waals surface area contributed by atoms with Crippen LogP contribution in [0.1, 0.15) is 17.2 Å². The highest BCUT2D eigenvalue weighted by Gasteiger charge is 2.41. The van der Waals surface area contributed by atoms with E-state index in [4.69, 9.17) is 0 Å². The van der Waals surface area contributed by atoms with Gasteiger partial charge in [0.15, 0.2) is 0 Å². The van der Waals surface area contributed by atoms with E-state index in [0.717, 1.165) is 54.6 Å². The molecule has 8 nitrogen and oxygen atoms in total. The lowest BCUT2D eigenvalue weighted by Crippen LogP contribution is -2.46. The van der Waals surface area contributed by atoms with Gasteiger partial charge in [-0.05, 0) is 54.1 Å². The first kappa shape index (κ1) is 26.5. The van der Waals surface area contributed by atoms with Crippen LogP contribution in [-0.2, 0) is 16.0 Å². The molecule has 0 bridgehead atoms. The van der Waals surface area contributed by atoms with E-state index in [9.17, 15) is 14.7 Å². The first-order chi connectivity index (χ1) is 20.1. The maximum absolute atomic E-state index is 13.5. The van der Waals surface area contributed by atoms with Crippen molar-refractivity contribution in [3.05, 3.63) is 120 Å². The summed E-state index contributed by atoms with van der Waals surface area (Å²) in [5, 5.41) is 12.0. The van der Waals surface area contributed by atoms with Gasteiger partial charge in [-0.2, -0.15) is 0 Å². The highest BCUT2D eigenvalue weighted by molar-refractivity contribution is 6.42. The van der Waals surface area contributed by atoms with E-state index in [1.165, 1.54) is 0 Å². The monoisotopic (exact) mass is 547 g/mol. The molecular weight excluding hydrogens is 514 g/mol. The van der Waals surface area contributed by atoms with Gasteiger partial charge in [0.1, 0.15) is 11.9 Å². The lowest BCUT2D eigenvalue weighted by molar-refractivity contribution is -0.137. The second kappa shape index (κ2) is 11.8. The Bertz CT molecular complexity index is 1490. The molecule has 3 aliphatic heterocycles. The third kappa shape index (κ3) is 5.64. The van der Waals surface area contributed by atoms with Crippen molar-refractivity contribution >= 4 is 28.9 Å². The highest BCUT2D eigenvalue weighted by Crippen LogP contribution is 2.37. The van der Waals surface area contributed by atoms with E-state index in [2.05, 4.69) is 26.2 Å². The molecular formula is C33H33N5O3. The number of nitrogens with zero attached hydrogens (tertiary/aromatic N) is 4. The molecule has 3 aliphatic rings. The van der Waals surface area contributed by atoms with E-state index in [-0.39, 0.29) is 12.5 Å². The number of nitrogens with one attached hydrogen (secondary N) is 1. The van der Waals surface area contributed by atoms with Crippen molar-refractivity contribution in [1.82, 2.24) is 9.88 Å². The first-order valence-corrected chi connectivity index (χ1v) is 14.0. The first-order valence-electron chi connectivity index (χ1n) is 14.0. The number of rotatable bonds is 8. The van der Waals surface area contributed by atoms with Crippen molar-refractivity contribution in [3.63, 3.8) is 0 Å². The summed E-state index contributed by atoms with van der Waals surface area (Å²) in [4.78, 5) is 37.8. The summed E-state index contributed by atoms with van der Waals surface area (Å²) in [6.07, 6.45) is 10.3. The standard InChI is InChI=1S/C33H33N5O3/c39-22-16-25-9-6-11-30(34-25)37-20-18-36(19-21-37)27-14-12-26(13-15-27)35-33(41)32(40)31-29(24-7-2-1-3-8-24)23-28-10-4-5-17-38(28)31/h1-15,17,23,29,31,39H,16,18-22H2,(H,35,41). The molecule has 0 saturated carbocycles. The Morgan fingerprint density at radius 2 is 1.63 bits per heavy atom. The molecule has 3 aromatic rings. The van der Waals surface area contributed by atoms with Gasteiger partial charge in [0.05, 0.1) is 0 Å². The van der Waals surface area contributed by atoms with Crippen LogP contribution in [0.25, 0.3) is 0 Å². The molecule has 0 spiro atoms. The van der Waals surface area contributed by atoms with Crippen LogP contribution in [0.3, 0.4) is 0 Å². The Morgan fingerprint density at radius 3 is 2.39 bits per heavy atom. The third-order valence-corrected chi connectivity index (χ3v) is 7.84. The van der Waals surface area contributed by atoms with Crippen molar-refractivity contribution in [3.8, 4) is 0 Å². The largest absolute Gasteiger partial charge is 0.396 e. The number of piperazine rings is 1. The van der Waals surface area contributed by atoms with Crippen LogP contribution in [0.4, 0.5) is 17.2 Å². The maximum Gasteiger partial charge on any atom is 0.294 e. The van der Waals surface area contributed by atoms with E-state index < -0.39 is 17.7 Å². The molecule has 2 aromatic carbocycles. The molecule has 0 aliphatic carbocycles. The number of aliphatic hydroxyl groups is 1.